The minimum absolute atomic E-state index is 0.112. The molecular formula is C24H24O2. The van der Waals surface area contributed by atoms with Gasteiger partial charge >= 0.3 is 5.97 Å². The standard InChI is InChI=1S/C24H24O2/c1-3-13-24(14-12-23(25)26-2)21-11-7-6-10-19(21)20-15-17-8-4-5-9-18(17)16-22(20)24/h4-11,15-16H,3,12-14H2,1-2H3. The van der Waals surface area contributed by atoms with E-state index in [2.05, 4.69) is 67.6 Å². The highest BCUT2D eigenvalue weighted by atomic mass is 16.5. The van der Waals surface area contributed by atoms with Crippen molar-refractivity contribution in [1.82, 2.24) is 0 Å². The Morgan fingerprint density at radius 1 is 0.885 bits per heavy atom. The zero-order valence-corrected chi connectivity index (χ0v) is 15.4. The van der Waals surface area contributed by atoms with Crippen LogP contribution >= 0.6 is 0 Å². The third-order valence-electron chi connectivity index (χ3n) is 5.79. The summed E-state index contributed by atoms with van der Waals surface area (Å²) < 4.78 is 4.94. The molecule has 0 aromatic heterocycles. The largest absolute Gasteiger partial charge is 0.469 e. The molecule has 0 radical (unpaired) electrons. The van der Waals surface area contributed by atoms with Crippen LogP contribution in [0.2, 0.25) is 0 Å². The first-order chi connectivity index (χ1) is 12.7. The molecule has 0 amide bonds. The first kappa shape index (κ1) is 16.8. The summed E-state index contributed by atoms with van der Waals surface area (Å²) in [6, 6.07) is 21.9. The lowest BCUT2D eigenvalue weighted by atomic mass is 9.71. The lowest BCUT2D eigenvalue weighted by Gasteiger charge is -2.32. The SMILES string of the molecule is CCCC1(CCC(=O)OC)c2ccccc2-c2cc3ccccc3cc21. The first-order valence-electron chi connectivity index (χ1n) is 9.39. The summed E-state index contributed by atoms with van der Waals surface area (Å²) in [5.41, 5.74) is 5.24. The smallest absolute Gasteiger partial charge is 0.305 e. The summed E-state index contributed by atoms with van der Waals surface area (Å²) in [6.07, 6.45) is 3.33. The van der Waals surface area contributed by atoms with Crippen LogP contribution in [0, 0.1) is 0 Å². The minimum atomic E-state index is -0.132. The van der Waals surface area contributed by atoms with Gasteiger partial charge in [0.05, 0.1) is 7.11 Å². The topological polar surface area (TPSA) is 26.3 Å². The zero-order valence-electron chi connectivity index (χ0n) is 15.4. The highest BCUT2D eigenvalue weighted by molar-refractivity contribution is 5.93. The molecule has 2 nitrogen and oxygen atoms in total. The molecule has 1 aliphatic rings. The molecule has 3 aromatic rings. The van der Waals surface area contributed by atoms with E-state index in [0.29, 0.717) is 6.42 Å². The molecule has 132 valence electrons. The Labute approximate surface area is 154 Å². The van der Waals surface area contributed by atoms with Gasteiger partial charge in [0.1, 0.15) is 0 Å². The van der Waals surface area contributed by atoms with Crippen LogP contribution in [0.4, 0.5) is 0 Å². The average Bonchev–Trinajstić information content (AvgIpc) is 2.95. The van der Waals surface area contributed by atoms with Crippen LogP contribution in [0.25, 0.3) is 21.9 Å². The number of carbonyl (C=O) groups excluding carboxylic acids is 1. The molecule has 1 unspecified atom stereocenters. The molecule has 0 fully saturated rings. The van der Waals surface area contributed by atoms with Crippen LogP contribution in [0.1, 0.15) is 43.7 Å². The molecule has 0 N–H and O–H groups in total. The van der Waals surface area contributed by atoms with Gasteiger partial charge in [-0.2, -0.15) is 0 Å². The molecule has 0 heterocycles. The Balaban J connectivity index is 1.96. The molecule has 0 aliphatic heterocycles. The molecule has 0 saturated carbocycles. The Kier molecular flexibility index (Phi) is 4.28. The highest BCUT2D eigenvalue weighted by Crippen LogP contribution is 2.54. The lowest BCUT2D eigenvalue weighted by Crippen LogP contribution is -2.26. The van der Waals surface area contributed by atoms with Crippen molar-refractivity contribution in [2.45, 2.75) is 38.0 Å². The summed E-state index contributed by atoms with van der Waals surface area (Å²) >= 11 is 0. The van der Waals surface area contributed by atoms with E-state index in [-0.39, 0.29) is 11.4 Å². The van der Waals surface area contributed by atoms with Crippen molar-refractivity contribution in [1.29, 1.82) is 0 Å². The molecule has 4 rings (SSSR count). The van der Waals surface area contributed by atoms with Gasteiger partial charge in [0.2, 0.25) is 0 Å². The maximum atomic E-state index is 11.9. The average molecular weight is 344 g/mol. The van der Waals surface area contributed by atoms with Gasteiger partial charge in [0, 0.05) is 11.8 Å². The number of carbonyl (C=O) groups is 1. The predicted octanol–water partition coefficient (Wildman–Crippen LogP) is 5.86. The van der Waals surface area contributed by atoms with Crippen LogP contribution in [-0.4, -0.2) is 13.1 Å². The van der Waals surface area contributed by atoms with E-state index in [4.69, 9.17) is 4.74 Å². The Morgan fingerprint density at radius 3 is 2.31 bits per heavy atom. The molecule has 26 heavy (non-hydrogen) atoms. The van der Waals surface area contributed by atoms with Crippen LogP contribution in [0.15, 0.2) is 60.7 Å². The number of methoxy groups -OCH3 is 1. The fourth-order valence-corrected chi connectivity index (χ4v) is 4.65. The summed E-state index contributed by atoms with van der Waals surface area (Å²) in [6.45, 7) is 2.22. The fraction of sp³-hybridized carbons (Fsp3) is 0.292. The molecule has 0 saturated heterocycles. The number of ether oxygens (including phenoxy) is 1. The fourth-order valence-electron chi connectivity index (χ4n) is 4.65. The van der Waals surface area contributed by atoms with Crippen LogP contribution < -0.4 is 0 Å². The second-order valence-electron chi connectivity index (χ2n) is 7.20. The van der Waals surface area contributed by atoms with Crippen LogP contribution in [-0.2, 0) is 14.9 Å². The maximum absolute atomic E-state index is 11.9. The number of hydrogen-bond acceptors (Lipinski definition) is 2. The van der Waals surface area contributed by atoms with E-state index in [0.717, 1.165) is 19.3 Å². The Hall–Kier alpha value is -2.61. The highest BCUT2D eigenvalue weighted by Gasteiger charge is 2.42. The molecule has 3 aromatic carbocycles. The summed E-state index contributed by atoms with van der Waals surface area (Å²) in [7, 11) is 1.47. The van der Waals surface area contributed by atoms with Gasteiger partial charge < -0.3 is 4.74 Å². The van der Waals surface area contributed by atoms with Crippen molar-refractivity contribution in [3.8, 4) is 11.1 Å². The third-order valence-corrected chi connectivity index (χ3v) is 5.79. The normalized spacial score (nSPS) is 17.8. The monoisotopic (exact) mass is 344 g/mol. The van der Waals surface area contributed by atoms with E-state index in [9.17, 15) is 4.79 Å². The van der Waals surface area contributed by atoms with Gasteiger partial charge in [0.25, 0.3) is 0 Å². The summed E-state index contributed by atoms with van der Waals surface area (Å²) in [5.74, 6) is -0.132. The van der Waals surface area contributed by atoms with Crippen molar-refractivity contribution in [2.24, 2.45) is 0 Å². The number of fused-ring (bicyclic) bond motifs is 4. The van der Waals surface area contributed by atoms with Crippen LogP contribution in [0.5, 0.6) is 0 Å². The Bertz CT molecular complexity index is 973. The number of hydrogen-bond donors (Lipinski definition) is 0. The minimum Gasteiger partial charge on any atom is -0.469 e. The molecule has 0 spiro atoms. The quantitative estimate of drug-likeness (QED) is 0.542. The molecule has 1 atom stereocenters. The summed E-state index contributed by atoms with van der Waals surface area (Å²) in [5, 5.41) is 2.53. The molecular weight excluding hydrogens is 320 g/mol. The number of benzene rings is 3. The maximum Gasteiger partial charge on any atom is 0.305 e. The second-order valence-corrected chi connectivity index (χ2v) is 7.20. The van der Waals surface area contributed by atoms with E-state index < -0.39 is 0 Å². The van der Waals surface area contributed by atoms with Gasteiger partial charge in [-0.25, -0.2) is 0 Å². The second kappa shape index (κ2) is 6.60. The first-order valence-corrected chi connectivity index (χ1v) is 9.39. The van der Waals surface area contributed by atoms with E-state index in [1.54, 1.807) is 0 Å². The molecule has 0 bridgehead atoms. The number of rotatable bonds is 5. The number of esters is 1. The zero-order chi connectivity index (χ0) is 18.1. The summed E-state index contributed by atoms with van der Waals surface area (Å²) in [4.78, 5) is 11.9. The Morgan fingerprint density at radius 2 is 1.58 bits per heavy atom. The lowest BCUT2D eigenvalue weighted by molar-refractivity contribution is -0.141. The van der Waals surface area contributed by atoms with Gasteiger partial charge in [-0.05, 0) is 58.0 Å². The van der Waals surface area contributed by atoms with Crippen molar-refractivity contribution in [2.75, 3.05) is 7.11 Å². The van der Waals surface area contributed by atoms with Gasteiger partial charge in [-0.1, -0.05) is 61.9 Å². The van der Waals surface area contributed by atoms with Crippen molar-refractivity contribution < 1.29 is 9.53 Å². The van der Waals surface area contributed by atoms with Crippen LogP contribution in [0.3, 0.4) is 0 Å². The van der Waals surface area contributed by atoms with Gasteiger partial charge in [-0.3, -0.25) is 4.79 Å². The van der Waals surface area contributed by atoms with E-state index in [1.165, 1.54) is 40.1 Å². The molecule has 1 aliphatic carbocycles. The molecule has 2 heteroatoms. The van der Waals surface area contributed by atoms with Crippen molar-refractivity contribution >= 4 is 16.7 Å². The van der Waals surface area contributed by atoms with Crippen molar-refractivity contribution in [3.63, 3.8) is 0 Å². The van der Waals surface area contributed by atoms with E-state index >= 15 is 0 Å². The third kappa shape index (κ3) is 2.52. The van der Waals surface area contributed by atoms with Crippen molar-refractivity contribution in [3.05, 3.63) is 71.8 Å². The predicted molar refractivity (Wildman–Crippen MR) is 106 cm³/mol. The van der Waals surface area contributed by atoms with Gasteiger partial charge in [0.15, 0.2) is 0 Å². The van der Waals surface area contributed by atoms with E-state index in [1.807, 2.05) is 0 Å². The van der Waals surface area contributed by atoms with Gasteiger partial charge in [-0.15, -0.1) is 0 Å².